The summed E-state index contributed by atoms with van der Waals surface area (Å²) in [6.45, 7) is 10.2. The number of rotatable bonds is 6. The highest BCUT2D eigenvalue weighted by Gasteiger charge is 2.24. The third-order valence-electron chi connectivity index (χ3n) is 5.92. The Labute approximate surface area is 220 Å². The molecule has 0 aromatic carbocycles. The van der Waals surface area contributed by atoms with Crippen LogP contribution < -0.4 is 20.4 Å². The van der Waals surface area contributed by atoms with Gasteiger partial charge >= 0.3 is 0 Å². The smallest absolute Gasteiger partial charge is 0.216 e. The number of piperazine rings is 1. The van der Waals surface area contributed by atoms with E-state index >= 15 is 0 Å². The Balaban J connectivity index is 0.000000228. The molecule has 2 N–H and O–H groups in total. The van der Waals surface area contributed by atoms with E-state index in [1.54, 1.807) is 20.4 Å². The monoisotopic (exact) mass is 511 g/mol. The molecule has 7 nitrogen and oxygen atoms in total. The summed E-state index contributed by atoms with van der Waals surface area (Å²) in [5.41, 5.74) is 2.70. The second-order valence-electron chi connectivity index (χ2n) is 8.34. The maximum Gasteiger partial charge on any atom is 0.216 e. The number of nitrogens with one attached hydrogen (secondary N) is 2. The van der Waals surface area contributed by atoms with Crippen LogP contribution in [0.4, 0.5) is 10.7 Å². The Morgan fingerprint density at radius 3 is 2.47 bits per heavy atom. The number of carbonyl (C=O) groups excluding carboxylic acids is 1. The number of anilines is 2. The molecule has 2 aliphatic rings. The van der Waals surface area contributed by atoms with E-state index in [0.29, 0.717) is 5.92 Å². The largest absolute Gasteiger partial charge is 0.504 e. The minimum absolute atomic E-state index is 0.00463. The predicted molar refractivity (Wildman–Crippen MR) is 153 cm³/mol. The quantitative estimate of drug-likeness (QED) is 0.440. The summed E-state index contributed by atoms with van der Waals surface area (Å²) in [7, 11) is 3.26. The Morgan fingerprint density at radius 1 is 1.17 bits per heavy atom. The second kappa shape index (κ2) is 17.3. The van der Waals surface area contributed by atoms with Crippen LogP contribution in [0.25, 0.3) is 0 Å². The average molecular weight is 512 g/mol. The van der Waals surface area contributed by atoms with Crippen molar-refractivity contribution in [3.05, 3.63) is 78.2 Å². The summed E-state index contributed by atoms with van der Waals surface area (Å²) in [5.74, 6) is 0.643. The van der Waals surface area contributed by atoms with Crippen molar-refractivity contribution in [1.82, 2.24) is 15.6 Å². The molecule has 1 atom stereocenters. The molecule has 36 heavy (non-hydrogen) atoms. The lowest BCUT2D eigenvalue weighted by Gasteiger charge is -2.29. The molecule has 2 fully saturated rings. The number of amides is 1. The first-order valence-corrected chi connectivity index (χ1v) is 13.3. The second-order valence-corrected chi connectivity index (χ2v) is 9.27. The van der Waals surface area contributed by atoms with Crippen LogP contribution in [0.2, 0.25) is 0 Å². The molecule has 1 amide bonds. The van der Waals surface area contributed by atoms with Crippen molar-refractivity contribution >= 4 is 27.9 Å². The Hall–Kier alpha value is -3.10. The van der Waals surface area contributed by atoms with E-state index in [-0.39, 0.29) is 5.91 Å². The van der Waals surface area contributed by atoms with Gasteiger partial charge in [0.25, 0.3) is 0 Å². The topological polar surface area (TPSA) is 69.7 Å². The number of methoxy groups -OCH3 is 1. The van der Waals surface area contributed by atoms with Crippen molar-refractivity contribution in [1.29, 1.82) is 0 Å². The fourth-order valence-electron chi connectivity index (χ4n) is 3.92. The van der Waals surface area contributed by atoms with E-state index in [0.717, 1.165) is 39.3 Å². The highest BCUT2D eigenvalue weighted by Crippen LogP contribution is 2.31. The van der Waals surface area contributed by atoms with E-state index < -0.39 is 0 Å². The minimum Gasteiger partial charge on any atom is -0.504 e. The van der Waals surface area contributed by atoms with Gasteiger partial charge in [-0.1, -0.05) is 18.2 Å². The first-order valence-electron chi connectivity index (χ1n) is 12.4. The van der Waals surface area contributed by atoms with Gasteiger partial charge in [-0.3, -0.25) is 9.78 Å². The van der Waals surface area contributed by atoms with E-state index in [1.807, 2.05) is 35.9 Å². The van der Waals surface area contributed by atoms with Crippen molar-refractivity contribution in [2.75, 3.05) is 63.2 Å². The van der Waals surface area contributed by atoms with Crippen LogP contribution in [0.3, 0.4) is 0 Å². The number of ether oxygens (including phenoxy) is 1. The number of nitrogens with zero attached hydrogens (tertiary/aromatic N) is 3. The normalized spacial score (nSPS) is 17.9. The van der Waals surface area contributed by atoms with Crippen molar-refractivity contribution in [2.24, 2.45) is 5.92 Å². The van der Waals surface area contributed by atoms with Crippen LogP contribution in [0, 0.1) is 5.92 Å². The summed E-state index contributed by atoms with van der Waals surface area (Å²) in [4.78, 5) is 18.6. The van der Waals surface area contributed by atoms with Gasteiger partial charge in [0.05, 0.1) is 18.4 Å². The Bertz CT molecular complexity index is 938. The molecule has 4 rings (SSSR count). The lowest BCUT2D eigenvalue weighted by atomic mass is 9.97. The van der Waals surface area contributed by atoms with Gasteiger partial charge < -0.3 is 25.2 Å². The molecule has 4 heterocycles. The number of aromatic nitrogens is 1. The van der Waals surface area contributed by atoms with Gasteiger partial charge in [-0.15, -0.1) is 11.3 Å². The van der Waals surface area contributed by atoms with Crippen LogP contribution in [0.15, 0.2) is 78.2 Å². The third kappa shape index (κ3) is 10.7. The van der Waals surface area contributed by atoms with Crippen LogP contribution in [-0.4, -0.2) is 64.3 Å². The first kappa shape index (κ1) is 29.1. The molecule has 2 saturated heterocycles. The molecule has 0 aliphatic carbocycles. The summed E-state index contributed by atoms with van der Waals surface area (Å²) in [5, 5.41) is 9.25. The van der Waals surface area contributed by atoms with E-state index in [9.17, 15) is 4.79 Å². The van der Waals surface area contributed by atoms with Gasteiger partial charge in [0.2, 0.25) is 5.91 Å². The molecule has 0 saturated carbocycles. The van der Waals surface area contributed by atoms with Gasteiger partial charge in [-0.2, -0.15) is 0 Å². The lowest BCUT2D eigenvalue weighted by Crippen LogP contribution is -2.43. The van der Waals surface area contributed by atoms with Crippen molar-refractivity contribution in [3.8, 4) is 0 Å². The fraction of sp³-hybridized carbons (Fsp3) is 0.429. The SMILES string of the molecule is CNC(C)=O.C\C=C(/C=C\C=C\OC)C1CCN(c2cccs2)C1.c1cc(N2CCNCC2)ccn1. The fourth-order valence-corrected chi connectivity index (χ4v) is 4.69. The molecule has 2 aromatic rings. The first-order chi connectivity index (χ1) is 17.6. The Morgan fingerprint density at radius 2 is 1.89 bits per heavy atom. The zero-order valence-corrected chi connectivity index (χ0v) is 22.8. The zero-order valence-electron chi connectivity index (χ0n) is 22.0. The van der Waals surface area contributed by atoms with Crippen LogP contribution in [0.5, 0.6) is 0 Å². The lowest BCUT2D eigenvalue weighted by molar-refractivity contribution is -0.118. The number of carbonyl (C=O) groups is 1. The molecule has 0 radical (unpaired) electrons. The van der Waals surface area contributed by atoms with Gasteiger partial charge in [0.15, 0.2) is 0 Å². The average Bonchev–Trinajstić information content (AvgIpc) is 3.63. The third-order valence-corrected chi connectivity index (χ3v) is 6.85. The molecule has 0 bridgehead atoms. The van der Waals surface area contributed by atoms with Crippen LogP contribution in [-0.2, 0) is 9.53 Å². The van der Waals surface area contributed by atoms with E-state index in [1.165, 1.54) is 29.6 Å². The summed E-state index contributed by atoms with van der Waals surface area (Å²) < 4.78 is 4.89. The van der Waals surface area contributed by atoms with Crippen molar-refractivity contribution in [2.45, 2.75) is 20.3 Å². The van der Waals surface area contributed by atoms with Gasteiger partial charge in [-0.25, -0.2) is 0 Å². The molecule has 8 heteroatoms. The van der Waals surface area contributed by atoms with Crippen molar-refractivity contribution < 1.29 is 9.53 Å². The standard InChI is InChI=1S/C16H21NOS.C9H13N3.C3H7NO/c1-3-14(7-4-5-11-18-2)15-9-10-17(13-15)16-8-6-12-19-16;1-3-10-4-2-9(1)12-7-5-11-6-8-12;1-3(5)4-2/h3-8,11-12,15H,9-10,13H2,1-2H3;1-4,11H,5-8H2;1-2H3,(H,4,5)/b7-4-,11-5+,14-3+;;. The van der Waals surface area contributed by atoms with E-state index in [4.69, 9.17) is 4.74 Å². The zero-order chi connectivity index (χ0) is 26.0. The Kier molecular flexibility index (Phi) is 14.0. The number of thiophene rings is 1. The minimum atomic E-state index is 0.00463. The molecule has 2 aromatic heterocycles. The molecule has 0 spiro atoms. The van der Waals surface area contributed by atoms with Gasteiger partial charge in [-0.05, 0) is 54.6 Å². The molecule has 196 valence electrons. The number of hydrogen-bond acceptors (Lipinski definition) is 7. The molecule has 2 aliphatic heterocycles. The molecular formula is C28H41N5O2S. The number of pyridine rings is 1. The summed E-state index contributed by atoms with van der Waals surface area (Å²) >= 11 is 1.83. The highest BCUT2D eigenvalue weighted by atomic mass is 32.1. The molecular weight excluding hydrogens is 470 g/mol. The molecule has 1 unspecified atom stereocenters. The highest BCUT2D eigenvalue weighted by molar-refractivity contribution is 7.14. The maximum atomic E-state index is 9.70. The maximum absolute atomic E-state index is 9.70. The number of hydrogen-bond donors (Lipinski definition) is 2. The number of allylic oxidation sites excluding steroid dienone is 4. The van der Waals surface area contributed by atoms with Crippen molar-refractivity contribution in [3.63, 3.8) is 0 Å². The van der Waals surface area contributed by atoms with E-state index in [2.05, 4.69) is 74.1 Å². The van der Waals surface area contributed by atoms with Crippen LogP contribution >= 0.6 is 11.3 Å². The summed E-state index contributed by atoms with van der Waals surface area (Å²) in [6.07, 6.45) is 15.0. The van der Waals surface area contributed by atoms with Crippen LogP contribution in [0.1, 0.15) is 20.3 Å². The summed E-state index contributed by atoms with van der Waals surface area (Å²) in [6, 6.07) is 8.45. The van der Waals surface area contributed by atoms with Gasteiger partial charge in [0, 0.05) is 77.2 Å². The van der Waals surface area contributed by atoms with Gasteiger partial charge in [0.1, 0.15) is 0 Å². The predicted octanol–water partition coefficient (Wildman–Crippen LogP) is 4.48.